The van der Waals surface area contributed by atoms with Gasteiger partial charge in [0.2, 0.25) is 11.8 Å². The summed E-state index contributed by atoms with van der Waals surface area (Å²) in [6.07, 6.45) is 0.0923. The molecule has 1 atom stereocenters. The molecule has 2 N–H and O–H groups in total. The summed E-state index contributed by atoms with van der Waals surface area (Å²) in [6.45, 7) is 0.225. The molecule has 0 bridgehead atoms. The van der Waals surface area contributed by atoms with Gasteiger partial charge >= 0.3 is 0 Å². The van der Waals surface area contributed by atoms with E-state index < -0.39 is 17.6 Å². The topological polar surface area (TPSA) is 72.6 Å². The summed E-state index contributed by atoms with van der Waals surface area (Å²) in [6, 6.07) is 4.12. The molecule has 1 aliphatic rings. The summed E-state index contributed by atoms with van der Waals surface area (Å²) in [5.74, 6) is -1.64. The third-order valence-electron chi connectivity index (χ3n) is 2.97. The van der Waals surface area contributed by atoms with Crippen LogP contribution in [0.2, 0.25) is 0 Å². The number of hydrogen-bond donors (Lipinski definition) is 1. The molecule has 96 valence electrons. The lowest BCUT2D eigenvalue weighted by molar-refractivity contribution is -0.123. The van der Waals surface area contributed by atoms with Crippen molar-refractivity contribution >= 4 is 17.5 Å². The molecule has 1 unspecified atom stereocenters. The van der Waals surface area contributed by atoms with Gasteiger partial charge in [-0.2, -0.15) is 0 Å². The molecule has 5 nitrogen and oxygen atoms in total. The predicted octanol–water partition coefficient (Wildman–Crippen LogP) is 0.672. The van der Waals surface area contributed by atoms with Gasteiger partial charge in [0.1, 0.15) is 0 Å². The lowest BCUT2D eigenvalue weighted by Crippen LogP contribution is -2.28. The number of methoxy groups -OCH3 is 1. The second-order valence-corrected chi connectivity index (χ2v) is 4.13. The van der Waals surface area contributed by atoms with Crippen LogP contribution in [0.4, 0.5) is 10.1 Å². The summed E-state index contributed by atoms with van der Waals surface area (Å²) in [5.41, 5.74) is 5.68. The molecular formula is C12H13FN2O3. The van der Waals surface area contributed by atoms with Crippen LogP contribution in [0.3, 0.4) is 0 Å². The minimum Gasteiger partial charge on any atom is -0.494 e. The number of ether oxygens (including phenoxy) is 1. The summed E-state index contributed by atoms with van der Waals surface area (Å²) in [5, 5.41) is 0. The fraction of sp³-hybridized carbons (Fsp3) is 0.333. The van der Waals surface area contributed by atoms with Crippen LogP contribution in [0.5, 0.6) is 5.75 Å². The molecule has 1 heterocycles. The summed E-state index contributed by atoms with van der Waals surface area (Å²) >= 11 is 0. The first-order chi connectivity index (χ1) is 8.52. The highest BCUT2D eigenvalue weighted by Crippen LogP contribution is 2.29. The van der Waals surface area contributed by atoms with Crippen LogP contribution in [0.1, 0.15) is 6.42 Å². The minimum atomic E-state index is -0.501. The quantitative estimate of drug-likeness (QED) is 0.859. The van der Waals surface area contributed by atoms with Gasteiger partial charge in [0, 0.05) is 24.7 Å². The molecule has 2 amide bonds. The Morgan fingerprint density at radius 3 is 2.83 bits per heavy atom. The van der Waals surface area contributed by atoms with E-state index in [-0.39, 0.29) is 24.6 Å². The second-order valence-electron chi connectivity index (χ2n) is 4.13. The summed E-state index contributed by atoms with van der Waals surface area (Å²) in [4.78, 5) is 24.2. The Kier molecular flexibility index (Phi) is 3.18. The monoisotopic (exact) mass is 252 g/mol. The Morgan fingerprint density at radius 2 is 2.28 bits per heavy atom. The van der Waals surface area contributed by atoms with Crippen LogP contribution in [-0.4, -0.2) is 25.5 Å². The number of amides is 2. The normalized spacial score (nSPS) is 19.1. The molecule has 0 aliphatic carbocycles. The van der Waals surface area contributed by atoms with Crippen molar-refractivity contribution in [1.82, 2.24) is 0 Å². The number of carbonyl (C=O) groups excluding carboxylic acids is 2. The number of nitrogens with two attached hydrogens (primary N) is 1. The number of halogens is 1. The van der Waals surface area contributed by atoms with E-state index in [0.717, 1.165) is 0 Å². The van der Waals surface area contributed by atoms with E-state index in [4.69, 9.17) is 10.5 Å². The minimum absolute atomic E-state index is 0.0582. The van der Waals surface area contributed by atoms with Crippen molar-refractivity contribution in [2.24, 2.45) is 11.7 Å². The zero-order valence-corrected chi connectivity index (χ0v) is 9.85. The maximum atomic E-state index is 13.3. The van der Waals surface area contributed by atoms with Crippen molar-refractivity contribution in [3.8, 4) is 5.75 Å². The number of hydrogen-bond acceptors (Lipinski definition) is 3. The first kappa shape index (κ1) is 12.3. The van der Waals surface area contributed by atoms with Gasteiger partial charge in [0.05, 0.1) is 13.0 Å². The third kappa shape index (κ3) is 2.13. The van der Waals surface area contributed by atoms with Crippen molar-refractivity contribution in [2.45, 2.75) is 6.42 Å². The molecule has 2 rings (SSSR count). The van der Waals surface area contributed by atoms with Gasteiger partial charge in [-0.3, -0.25) is 9.59 Å². The lowest BCUT2D eigenvalue weighted by atomic mass is 10.1. The molecule has 0 aromatic heterocycles. The number of primary amides is 1. The van der Waals surface area contributed by atoms with E-state index in [9.17, 15) is 14.0 Å². The molecule has 6 heteroatoms. The number of nitrogens with zero attached hydrogens (tertiary/aromatic N) is 1. The van der Waals surface area contributed by atoms with Gasteiger partial charge in [-0.1, -0.05) is 0 Å². The molecule has 1 saturated heterocycles. The first-order valence-electron chi connectivity index (χ1n) is 5.46. The van der Waals surface area contributed by atoms with Crippen LogP contribution in [0.25, 0.3) is 0 Å². The second kappa shape index (κ2) is 4.64. The Balaban J connectivity index is 2.27. The number of carbonyl (C=O) groups is 2. The average Bonchev–Trinajstić information content (AvgIpc) is 2.72. The number of benzene rings is 1. The summed E-state index contributed by atoms with van der Waals surface area (Å²) in [7, 11) is 1.35. The van der Waals surface area contributed by atoms with E-state index in [1.807, 2.05) is 0 Å². The molecule has 0 radical (unpaired) electrons. The van der Waals surface area contributed by atoms with Crippen molar-refractivity contribution in [3.05, 3.63) is 24.0 Å². The predicted molar refractivity (Wildman–Crippen MR) is 62.6 cm³/mol. The molecule has 1 aromatic carbocycles. The first-order valence-corrected chi connectivity index (χ1v) is 5.46. The molecule has 0 saturated carbocycles. The lowest BCUT2D eigenvalue weighted by Gasteiger charge is -2.17. The molecule has 18 heavy (non-hydrogen) atoms. The fourth-order valence-electron chi connectivity index (χ4n) is 1.96. The zero-order valence-electron chi connectivity index (χ0n) is 9.85. The Labute approximate surface area is 103 Å². The van der Waals surface area contributed by atoms with Crippen LogP contribution < -0.4 is 15.4 Å². The van der Waals surface area contributed by atoms with Gasteiger partial charge < -0.3 is 15.4 Å². The maximum Gasteiger partial charge on any atom is 0.227 e. The van der Waals surface area contributed by atoms with E-state index in [2.05, 4.69) is 0 Å². The SMILES string of the molecule is COc1cc(N2CC(C(N)=O)CC2=O)ccc1F. The Bertz CT molecular complexity index is 504. The summed E-state index contributed by atoms with van der Waals surface area (Å²) < 4.78 is 18.1. The van der Waals surface area contributed by atoms with Crippen molar-refractivity contribution < 1.29 is 18.7 Å². The average molecular weight is 252 g/mol. The van der Waals surface area contributed by atoms with Crippen LogP contribution >= 0.6 is 0 Å². The fourth-order valence-corrected chi connectivity index (χ4v) is 1.96. The van der Waals surface area contributed by atoms with Crippen LogP contribution in [0.15, 0.2) is 18.2 Å². The molecule has 1 fully saturated rings. The highest BCUT2D eigenvalue weighted by molar-refractivity contribution is 6.00. The number of anilines is 1. The van der Waals surface area contributed by atoms with Crippen molar-refractivity contribution in [3.63, 3.8) is 0 Å². The highest BCUT2D eigenvalue weighted by Gasteiger charge is 2.34. The standard InChI is InChI=1S/C12H13FN2O3/c1-18-10-5-8(2-3-9(10)13)15-6-7(12(14)17)4-11(15)16/h2-3,5,7H,4,6H2,1H3,(H2,14,17). The largest absolute Gasteiger partial charge is 0.494 e. The van der Waals surface area contributed by atoms with Gasteiger partial charge in [-0.25, -0.2) is 4.39 Å². The van der Waals surface area contributed by atoms with E-state index in [0.29, 0.717) is 5.69 Å². The van der Waals surface area contributed by atoms with Gasteiger partial charge in [-0.05, 0) is 12.1 Å². The van der Waals surface area contributed by atoms with Crippen LogP contribution in [0, 0.1) is 11.7 Å². The molecule has 1 aliphatic heterocycles. The van der Waals surface area contributed by atoms with E-state index >= 15 is 0 Å². The molecule has 1 aromatic rings. The molecular weight excluding hydrogens is 239 g/mol. The maximum absolute atomic E-state index is 13.3. The van der Waals surface area contributed by atoms with Gasteiger partial charge in [0.15, 0.2) is 11.6 Å². The zero-order chi connectivity index (χ0) is 13.3. The molecule has 0 spiro atoms. The third-order valence-corrected chi connectivity index (χ3v) is 2.97. The van der Waals surface area contributed by atoms with Crippen molar-refractivity contribution in [2.75, 3.05) is 18.6 Å². The van der Waals surface area contributed by atoms with Crippen LogP contribution in [-0.2, 0) is 9.59 Å². The van der Waals surface area contributed by atoms with Gasteiger partial charge in [-0.15, -0.1) is 0 Å². The smallest absolute Gasteiger partial charge is 0.227 e. The van der Waals surface area contributed by atoms with E-state index in [1.54, 1.807) is 0 Å². The highest BCUT2D eigenvalue weighted by atomic mass is 19.1. The Morgan fingerprint density at radius 1 is 1.56 bits per heavy atom. The van der Waals surface area contributed by atoms with E-state index in [1.165, 1.54) is 30.2 Å². The van der Waals surface area contributed by atoms with Crippen molar-refractivity contribution in [1.29, 1.82) is 0 Å². The number of rotatable bonds is 3. The Hall–Kier alpha value is -2.11. The van der Waals surface area contributed by atoms with Gasteiger partial charge in [0.25, 0.3) is 0 Å².